The van der Waals surface area contributed by atoms with E-state index in [1.807, 2.05) is 49.0 Å². The number of aryl methyl sites for hydroxylation is 2. The van der Waals surface area contributed by atoms with Crippen LogP contribution in [0.4, 0.5) is 0 Å². The summed E-state index contributed by atoms with van der Waals surface area (Å²) in [6, 6.07) is 21.0. The van der Waals surface area contributed by atoms with Gasteiger partial charge in [0.05, 0.1) is 29.9 Å². The van der Waals surface area contributed by atoms with Crippen LogP contribution in [-0.4, -0.2) is 24.8 Å². The molecule has 35 heavy (non-hydrogen) atoms. The van der Waals surface area contributed by atoms with Crippen LogP contribution in [0, 0.1) is 6.92 Å². The van der Waals surface area contributed by atoms with Crippen LogP contribution in [0.15, 0.2) is 88.6 Å². The van der Waals surface area contributed by atoms with Crippen molar-refractivity contribution in [3.63, 3.8) is 0 Å². The van der Waals surface area contributed by atoms with Crippen molar-refractivity contribution in [2.45, 2.75) is 25.9 Å². The van der Waals surface area contributed by atoms with E-state index in [1.54, 1.807) is 53.1 Å². The van der Waals surface area contributed by atoms with Gasteiger partial charge in [0.15, 0.2) is 0 Å². The van der Waals surface area contributed by atoms with Gasteiger partial charge in [-0.1, -0.05) is 54.6 Å². The van der Waals surface area contributed by atoms with Crippen LogP contribution in [0.2, 0.25) is 0 Å². The van der Waals surface area contributed by atoms with Crippen molar-refractivity contribution in [3.05, 3.63) is 117 Å². The van der Waals surface area contributed by atoms with E-state index < -0.39 is 23.3 Å². The van der Waals surface area contributed by atoms with E-state index in [2.05, 4.69) is 0 Å². The standard InChI is InChI=1S/C28H25N3O4/c1-18-9-8-14-23-26(18)20(16-29(23)2)17-30-22-13-7-6-12-21(22)27(34)31(28(30)35)24(15-25(32)33)19-10-4-3-5-11-19/h3-14,16,24H,15,17H2,1-2H3,(H,32,33)/t24-/m1/s1. The Hall–Kier alpha value is -4.39. The molecule has 0 fully saturated rings. The average molecular weight is 468 g/mol. The molecular formula is C28H25N3O4. The number of fused-ring (bicyclic) bond motifs is 2. The lowest BCUT2D eigenvalue weighted by Gasteiger charge is -2.21. The van der Waals surface area contributed by atoms with Gasteiger partial charge in [0.25, 0.3) is 5.56 Å². The Morgan fingerprint density at radius 3 is 2.34 bits per heavy atom. The van der Waals surface area contributed by atoms with Gasteiger partial charge >= 0.3 is 11.7 Å². The zero-order valence-corrected chi connectivity index (χ0v) is 19.5. The SMILES string of the molecule is Cc1cccc2c1c(Cn1c(=O)n([C@H](CC(=O)O)c3ccccc3)c(=O)c3ccccc31)cn2C. The van der Waals surface area contributed by atoms with Crippen LogP contribution in [0.3, 0.4) is 0 Å². The third-order valence-corrected chi connectivity index (χ3v) is 6.57. The first kappa shape index (κ1) is 22.4. The number of hydrogen-bond acceptors (Lipinski definition) is 3. The summed E-state index contributed by atoms with van der Waals surface area (Å²) in [5, 5.41) is 11.1. The number of rotatable bonds is 6. The summed E-state index contributed by atoms with van der Waals surface area (Å²) in [4.78, 5) is 39.3. The first-order valence-electron chi connectivity index (χ1n) is 11.4. The van der Waals surface area contributed by atoms with Crippen molar-refractivity contribution in [2.75, 3.05) is 0 Å². The first-order valence-corrected chi connectivity index (χ1v) is 11.4. The number of aliphatic carboxylic acids is 1. The zero-order valence-electron chi connectivity index (χ0n) is 19.5. The van der Waals surface area contributed by atoms with Crippen molar-refractivity contribution < 1.29 is 9.90 Å². The van der Waals surface area contributed by atoms with E-state index in [0.29, 0.717) is 16.5 Å². The molecule has 7 heteroatoms. The molecule has 3 aromatic carbocycles. The normalized spacial score (nSPS) is 12.3. The maximum atomic E-state index is 14.0. The fourth-order valence-electron chi connectivity index (χ4n) is 4.99. The third kappa shape index (κ3) is 3.85. The summed E-state index contributed by atoms with van der Waals surface area (Å²) in [7, 11) is 1.96. The van der Waals surface area contributed by atoms with E-state index in [9.17, 15) is 19.5 Å². The number of nitrogens with zero attached hydrogens (tertiary/aromatic N) is 3. The van der Waals surface area contributed by atoms with E-state index in [0.717, 1.165) is 26.6 Å². The van der Waals surface area contributed by atoms with Gasteiger partial charge in [-0.15, -0.1) is 0 Å². The fraction of sp³-hybridized carbons (Fsp3) is 0.179. The molecule has 0 bridgehead atoms. The van der Waals surface area contributed by atoms with Gasteiger partial charge in [-0.2, -0.15) is 0 Å². The fourth-order valence-corrected chi connectivity index (χ4v) is 4.99. The number of hydrogen-bond donors (Lipinski definition) is 1. The number of benzene rings is 3. The van der Waals surface area contributed by atoms with Crippen LogP contribution in [0.5, 0.6) is 0 Å². The van der Waals surface area contributed by atoms with Gasteiger partial charge in [0.1, 0.15) is 0 Å². The van der Waals surface area contributed by atoms with Crippen molar-refractivity contribution in [1.82, 2.24) is 13.7 Å². The minimum absolute atomic E-state index is 0.246. The molecule has 1 N–H and O–H groups in total. The summed E-state index contributed by atoms with van der Waals surface area (Å²) < 4.78 is 4.71. The number of para-hydroxylation sites is 1. The van der Waals surface area contributed by atoms with Gasteiger partial charge in [-0.3, -0.25) is 18.7 Å². The van der Waals surface area contributed by atoms with E-state index in [-0.39, 0.29) is 13.0 Å². The summed E-state index contributed by atoms with van der Waals surface area (Å²) in [6.07, 6.45) is 1.62. The topological polar surface area (TPSA) is 86.2 Å². The van der Waals surface area contributed by atoms with Crippen LogP contribution < -0.4 is 11.2 Å². The predicted molar refractivity (Wildman–Crippen MR) is 136 cm³/mol. The zero-order chi connectivity index (χ0) is 24.7. The molecule has 0 aliphatic heterocycles. The summed E-state index contributed by atoms with van der Waals surface area (Å²) in [6.45, 7) is 2.28. The lowest BCUT2D eigenvalue weighted by molar-refractivity contribution is -0.137. The molecule has 0 spiro atoms. The summed E-state index contributed by atoms with van der Waals surface area (Å²) in [5.74, 6) is -1.09. The molecule has 2 aromatic heterocycles. The molecule has 0 aliphatic carbocycles. The highest BCUT2D eigenvalue weighted by Gasteiger charge is 2.24. The molecule has 7 nitrogen and oxygen atoms in total. The molecule has 5 aromatic rings. The highest BCUT2D eigenvalue weighted by molar-refractivity contribution is 5.87. The van der Waals surface area contributed by atoms with Gasteiger partial charge < -0.3 is 9.67 Å². The van der Waals surface area contributed by atoms with Gasteiger partial charge in [-0.25, -0.2) is 4.79 Å². The smallest absolute Gasteiger partial charge is 0.332 e. The molecule has 5 rings (SSSR count). The van der Waals surface area contributed by atoms with Crippen LogP contribution in [0.25, 0.3) is 21.8 Å². The molecule has 0 unspecified atom stereocenters. The van der Waals surface area contributed by atoms with Crippen molar-refractivity contribution in [1.29, 1.82) is 0 Å². The second kappa shape index (κ2) is 8.76. The van der Waals surface area contributed by atoms with Gasteiger partial charge in [0, 0.05) is 24.1 Å². The highest BCUT2D eigenvalue weighted by Crippen LogP contribution is 2.26. The molecule has 1 atom stereocenters. The van der Waals surface area contributed by atoms with E-state index in [4.69, 9.17) is 0 Å². The van der Waals surface area contributed by atoms with Crippen LogP contribution in [-0.2, 0) is 18.4 Å². The highest BCUT2D eigenvalue weighted by atomic mass is 16.4. The quantitative estimate of drug-likeness (QED) is 0.408. The molecule has 0 saturated heterocycles. The average Bonchev–Trinajstić information content (AvgIpc) is 3.18. The van der Waals surface area contributed by atoms with Gasteiger partial charge in [-0.05, 0) is 41.8 Å². The number of carboxylic acid groups (broad SMARTS) is 1. The van der Waals surface area contributed by atoms with E-state index >= 15 is 0 Å². The Balaban J connectivity index is 1.80. The largest absolute Gasteiger partial charge is 0.481 e. The van der Waals surface area contributed by atoms with Crippen molar-refractivity contribution in [3.8, 4) is 0 Å². The minimum Gasteiger partial charge on any atom is -0.481 e. The monoisotopic (exact) mass is 467 g/mol. The van der Waals surface area contributed by atoms with Crippen molar-refractivity contribution >= 4 is 27.8 Å². The summed E-state index contributed by atoms with van der Waals surface area (Å²) in [5.41, 5.74) is 3.19. The second-order valence-electron chi connectivity index (χ2n) is 8.82. The van der Waals surface area contributed by atoms with E-state index in [1.165, 1.54) is 0 Å². The lowest BCUT2D eigenvalue weighted by atomic mass is 10.0. The summed E-state index contributed by atoms with van der Waals surface area (Å²) >= 11 is 0. The molecule has 0 amide bonds. The molecule has 2 heterocycles. The Labute approximate surface area is 201 Å². The maximum absolute atomic E-state index is 14.0. The molecule has 0 radical (unpaired) electrons. The Morgan fingerprint density at radius 1 is 0.914 bits per heavy atom. The minimum atomic E-state index is -1.09. The number of aromatic nitrogens is 3. The Morgan fingerprint density at radius 2 is 1.60 bits per heavy atom. The predicted octanol–water partition coefficient (Wildman–Crippen LogP) is 4.08. The maximum Gasteiger partial charge on any atom is 0.332 e. The lowest BCUT2D eigenvalue weighted by Crippen LogP contribution is -2.43. The molecule has 0 saturated carbocycles. The first-order chi connectivity index (χ1) is 16.9. The Kier molecular flexibility index (Phi) is 5.61. The molecule has 176 valence electrons. The van der Waals surface area contributed by atoms with Crippen LogP contribution in [0.1, 0.15) is 29.2 Å². The number of carboxylic acids is 1. The van der Waals surface area contributed by atoms with Gasteiger partial charge in [0.2, 0.25) is 0 Å². The number of carbonyl (C=O) groups is 1. The van der Waals surface area contributed by atoms with Crippen LogP contribution >= 0.6 is 0 Å². The molecule has 0 aliphatic rings. The molecular weight excluding hydrogens is 442 g/mol. The second-order valence-corrected chi connectivity index (χ2v) is 8.82. The van der Waals surface area contributed by atoms with Crippen molar-refractivity contribution in [2.24, 2.45) is 7.05 Å². The third-order valence-electron chi connectivity index (χ3n) is 6.57. The Bertz CT molecular complexity index is 1690.